The predicted molar refractivity (Wildman–Crippen MR) is 81.5 cm³/mol. The molecule has 0 saturated heterocycles. The van der Waals surface area contributed by atoms with Crippen molar-refractivity contribution < 1.29 is 9.72 Å². The third kappa shape index (κ3) is 3.32. The molecule has 1 aromatic carbocycles. The summed E-state index contributed by atoms with van der Waals surface area (Å²) in [4.78, 5) is 25.2. The van der Waals surface area contributed by atoms with Crippen molar-refractivity contribution in [3.63, 3.8) is 0 Å². The van der Waals surface area contributed by atoms with Crippen molar-refractivity contribution in [2.45, 2.75) is 32.7 Å². The van der Waals surface area contributed by atoms with Gasteiger partial charge in [-0.2, -0.15) is 0 Å². The molecule has 0 bridgehead atoms. The summed E-state index contributed by atoms with van der Waals surface area (Å²) in [5.41, 5.74) is 0.577. The average molecular weight is 291 g/mol. The molecule has 1 N–H and O–H groups in total. The molecule has 1 saturated carbocycles. The fraction of sp³-hybridized carbons (Fsp3) is 0.533. The van der Waals surface area contributed by atoms with Gasteiger partial charge in [0.1, 0.15) is 5.69 Å². The molecule has 21 heavy (non-hydrogen) atoms. The molecule has 0 atom stereocenters. The molecule has 2 rings (SSSR count). The standard InChI is InChI=1S/C15H21N3O3/c1-10(2)17(9-11-7-8-11)15(19)12-5-4-6-13(18(20)21)14(12)16-3/h4-6,10-11,16H,7-9H2,1-3H3. The summed E-state index contributed by atoms with van der Waals surface area (Å²) >= 11 is 0. The lowest BCUT2D eigenvalue weighted by atomic mass is 10.1. The zero-order chi connectivity index (χ0) is 15.6. The Morgan fingerprint density at radius 1 is 1.48 bits per heavy atom. The minimum Gasteiger partial charge on any atom is -0.382 e. The van der Waals surface area contributed by atoms with Gasteiger partial charge in [-0.25, -0.2) is 0 Å². The number of nitro benzene ring substituents is 1. The van der Waals surface area contributed by atoms with E-state index in [4.69, 9.17) is 0 Å². The van der Waals surface area contributed by atoms with Crippen LogP contribution in [0.25, 0.3) is 0 Å². The number of carbonyl (C=O) groups excluding carboxylic acids is 1. The van der Waals surface area contributed by atoms with Crippen molar-refractivity contribution in [1.82, 2.24) is 4.90 Å². The van der Waals surface area contributed by atoms with E-state index in [1.165, 1.54) is 6.07 Å². The van der Waals surface area contributed by atoms with Crippen LogP contribution in [0.4, 0.5) is 11.4 Å². The van der Waals surface area contributed by atoms with Crippen LogP contribution in [0.3, 0.4) is 0 Å². The molecule has 0 aliphatic heterocycles. The Morgan fingerprint density at radius 2 is 2.14 bits per heavy atom. The maximum absolute atomic E-state index is 12.8. The minimum atomic E-state index is -0.469. The van der Waals surface area contributed by atoms with E-state index in [-0.39, 0.29) is 23.3 Å². The van der Waals surface area contributed by atoms with E-state index in [2.05, 4.69) is 5.32 Å². The van der Waals surface area contributed by atoms with Crippen LogP contribution in [-0.4, -0.2) is 35.4 Å². The monoisotopic (exact) mass is 291 g/mol. The number of rotatable bonds is 6. The summed E-state index contributed by atoms with van der Waals surface area (Å²) in [6.45, 7) is 4.66. The number of hydrogen-bond acceptors (Lipinski definition) is 4. The van der Waals surface area contributed by atoms with Gasteiger partial charge in [0.25, 0.3) is 11.6 Å². The lowest BCUT2D eigenvalue weighted by Crippen LogP contribution is -2.38. The molecule has 0 heterocycles. The topological polar surface area (TPSA) is 75.5 Å². The molecular weight excluding hydrogens is 270 g/mol. The number of anilines is 1. The number of para-hydroxylation sites is 1. The van der Waals surface area contributed by atoms with E-state index in [0.717, 1.165) is 19.4 Å². The van der Waals surface area contributed by atoms with Gasteiger partial charge in [-0.05, 0) is 38.7 Å². The van der Waals surface area contributed by atoms with Crippen molar-refractivity contribution in [2.75, 3.05) is 18.9 Å². The molecule has 1 aromatic rings. The molecule has 0 aromatic heterocycles. The van der Waals surface area contributed by atoms with E-state index in [1.54, 1.807) is 24.1 Å². The Kier molecular flexibility index (Phi) is 4.45. The number of nitrogens with zero attached hydrogens (tertiary/aromatic N) is 2. The normalized spacial score (nSPS) is 14.1. The highest BCUT2D eigenvalue weighted by Gasteiger charge is 2.31. The van der Waals surface area contributed by atoms with Gasteiger partial charge in [0.05, 0.1) is 10.5 Å². The van der Waals surface area contributed by atoms with Crippen molar-refractivity contribution in [2.24, 2.45) is 5.92 Å². The Hall–Kier alpha value is -2.11. The molecule has 114 valence electrons. The zero-order valence-electron chi connectivity index (χ0n) is 12.6. The summed E-state index contributed by atoms with van der Waals surface area (Å²) in [5.74, 6) is 0.429. The Balaban J connectivity index is 2.36. The summed E-state index contributed by atoms with van der Waals surface area (Å²) < 4.78 is 0. The number of nitrogens with one attached hydrogen (secondary N) is 1. The van der Waals surface area contributed by atoms with Crippen molar-refractivity contribution in [3.8, 4) is 0 Å². The summed E-state index contributed by atoms with van der Waals surface area (Å²) in [6, 6.07) is 4.68. The first-order valence-corrected chi connectivity index (χ1v) is 7.21. The highest BCUT2D eigenvalue weighted by atomic mass is 16.6. The molecular formula is C15H21N3O3. The summed E-state index contributed by atoms with van der Waals surface area (Å²) in [7, 11) is 1.60. The molecule has 6 heteroatoms. The van der Waals surface area contributed by atoms with E-state index in [0.29, 0.717) is 11.5 Å². The number of carbonyl (C=O) groups is 1. The third-order valence-electron chi connectivity index (χ3n) is 3.76. The summed E-state index contributed by atoms with van der Waals surface area (Å²) in [5, 5.41) is 13.9. The lowest BCUT2D eigenvalue weighted by Gasteiger charge is -2.27. The second-order valence-corrected chi connectivity index (χ2v) is 5.70. The van der Waals surface area contributed by atoms with Crippen LogP contribution in [0.15, 0.2) is 18.2 Å². The molecule has 0 radical (unpaired) electrons. The molecule has 1 amide bonds. The highest BCUT2D eigenvalue weighted by molar-refractivity contribution is 6.01. The smallest absolute Gasteiger partial charge is 0.293 e. The highest BCUT2D eigenvalue weighted by Crippen LogP contribution is 2.33. The largest absolute Gasteiger partial charge is 0.382 e. The second-order valence-electron chi connectivity index (χ2n) is 5.70. The Labute approximate surface area is 124 Å². The maximum Gasteiger partial charge on any atom is 0.293 e. The van der Waals surface area contributed by atoms with Gasteiger partial charge >= 0.3 is 0 Å². The van der Waals surface area contributed by atoms with E-state index < -0.39 is 4.92 Å². The van der Waals surface area contributed by atoms with Crippen LogP contribution in [0.5, 0.6) is 0 Å². The van der Waals surface area contributed by atoms with Gasteiger partial charge in [-0.3, -0.25) is 14.9 Å². The van der Waals surface area contributed by atoms with Crippen LogP contribution in [0, 0.1) is 16.0 Å². The molecule has 1 fully saturated rings. The van der Waals surface area contributed by atoms with E-state index in [1.807, 2.05) is 13.8 Å². The van der Waals surface area contributed by atoms with E-state index in [9.17, 15) is 14.9 Å². The van der Waals surface area contributed by atoms with Gasteiger partial charge in [0.2, 0.25) is 0 Å². The molecule has 0 spiro atoms. The molecule has 0 unspecified atom stereocenters. The number of nitro groups is 1. The van der Waals surface area contributed by atoms with E-state index >= 15 is 0 Å². The number of hydrogen-bond donors (Lipinski definition) is 1. The van der Waals surface area contributed by atoms with Crippen molar-refractivity contribution >= 4 is 17.3 Å². The van der Waals surface area contributed by atoms with Crippen molar-refractivity contribution in [1.29, 1.82) is 0 Å². The van der Waals surface area contributed by atoms with Gasteiger partial charge in [0, 0.05) is 25.7 Å². The van der Waals surface area contributed by atoms with Gasteiger partial charge < -0.3 is 10.2 Å². The van der Waals surface area contributed by atoms with Gasteiger partial charge in [-0.1, -0.05) is 6.07 Å². The number of amides is 1. The summed E-state index contributed by atoms with van der Waals surface area (Å²) in [6.07, 6.45) is 2.31. The fourth-order valence-electron chi connectivity index (χ4n) is 2.39. The first-order chi connectivity index (χ1) is 9.95. The Bertz CT molecular complexity index is 553. The molecule has 1 aliphatic carbocycles. The van der Waals surface area contributed by atoms with Crippen molar-refractivity contribution in [3.05, 3.63) is 33.9 Å². The van der Waals surface area contributed by atoms with Crippen LogP contribution in [0.2, 0.25) is 0 Å². The van der Waals surface area contributed by atoms with Crippen LogP contribution < -0.4 is 5.32 Å². The maximum atomic E-state index is 12.8. The third-order valence-corrected chi connectivity index (χ3v) is 3.76. The average Bonchev–Trinajstić information content (AvgIpc) is 3.26. The SMILES string of the molecule is CNc1c(C(=O)N(CC2CC2)C(C)C)cccc1[N+](=O)[O-]. The fourth-order valence-corrected chi connectivity index (χ4v) is 2.39. The Morgan fingerprint density at radius 3 is 2.62 bits per heavy atom. The predicted octanol–water partition coefficient (Wildman–Crippen LogP) is 2.90. The minimum absolute atomic E-state index is 0.0709. The second kappa shape index (κ2) is 6.11. The number of benzene rings is 1. The zero-order valence-corrected chi connectivity index (χ0v) is 12.6. The quantitative estimate of drug-likeness (QED) is 0.646. The molecule has 6 nitrogen and oxygen atoms in total. The van der Waals surface area contributed by atoms with Gasteiger partial charge in [-0.15, -0.1) is 0 Å². The van der Waals surface area contributed by atoms with Crippen LogP contribution in [-0.2, 0) is 0 Å². The first kappa shape index (κ1) is 15.3. The van der Waals surface area contributed by atoms with Crippen LogP contribution in [0.1, 0.15) is 37.0 Å². The first-order valence-electron chi connectivity index (χ1n) is 7.21. The van der Waals surface area contributed by atoms with Gasteiger partial charge in [0.15, 0.2) is 0 Å². The lowest BCUT2D eigenvalue weighted by molar-refractivity contribution is -0.384. The molecule has 1 aliphatic rings. The van der Waals surface area contributed by atoms with Crippen LogP contribution >= 0.6 is 0 Å².